The monoisotopic (exact) mass is 394 g/mol. The van der Waals surface area contributed by atoms with Crippen LogP contribution in [0.4, 0.5) is 0 Å². The second kappa shape index (κ2) is 7.63. The van der Waals surface area contributed by atoms with E-state index in [0.717, 1.165) is 4.57 Å². The van der Waals surface area contributed by atoms with Gasteiger partial charge in [0, 0.05) is 13.0 Å². The highest BCUT2D eigenvalue weighted by atomic mass is 16.5. The highest BCUT2D eigenvalue weighted by Crippen LogP contribution is 2.36. The third-order valence-electron chi connectivity index (χ3n) is 4.55. The number of ether oxygens (including phenoxy) is 2. The Hall–Kier alpha value is -3.88. The summed E-state index contributed by atoms with van der Waals surface area (Å²) in [6.45, 7) is 0.107. The van der Waals surface area contributed by atoms with Crippen LogP contribution in [-0.2, 0) is 13.0 Å². The van der Waals surface area contributed by atoms with Crippen molar-refractivity contribution >= 4 is 10.9 Å². The van der Waals surface area contributed by atoms with Gasteiger partial charge >= 0.3 is 5.69 Å². The summed E-state index contributed by atoms with van der Waals surface area (Å²) in [5, 5.41) is 4.43. The maximum absolute atomic E-state index is 12.6. The Morgan fingerprint density at radius 2 is 1.90 bits per heavy atom. The van der Waals surface area contributed by atoms with Crippen LogP contribution in [0.15, 0.2) is 56.6 Å². The smallest absolute Gasteiger partial charge is 0.328 e. The zero-order chi connectivity index (χ0) is 20.4. The quantitative estimate of drug-likeness (QED) is 0.532. The van der Waals surface area contributed by atoms with Gasteiger partial charge in [-0.05, 0) is 24.3 Å². The van der Waals surface area contributed by atoms with Crippen LogP contribution in [0.3, 0.4) is 0 Å². The molecule has 0 bridgehead atoms. The molecule has 0 aliphatic heterocycles. The molecule has 0 fully saturated rings. The first-order valence-corrected chi connectivity index (χ1v) is 8.88. The van der Waals surface area contributed by atoms with Crippen LogP contribution in [0.1, 0.15) is 5.89 Å². The molecule has 0 aliphatic rings. The lowest BCUT2D eigenvalue weighted by Crippen LogP contribution is -2.35. The summed E-state index contributed by atoms with van der Waals surface area (Å²) < 4.78 is 17.1. The molecule has 0 saturated heterocycles. The van der Waals surface area contributed by atoms with E-state index in [9.17, 15) is 9.59 Å². The lowest BCUT2D eigenvalue weighted by molar-refractivity contribution is 0.355. The number of H-pyrrole nitrogens is 1. The molecular formula is C20H18N4O5. The van der Waals surface area contributed by atoms with Crippen LogP contribution >= 0.6 is 0 Å². The van der Waals surface area contributed by atoms with Crippen molar-refractivity contribution in [2.45, 2.75) is 13.0 Å². The van der Waals surface area contributed by atoms with Crippen LogP contribution in [-0.4, -0.2) is 33.9 Å². The van der Waals surface area contributed by atoms with Gasteiger partial charge in [-0.3, -0.25) is 9.36 Å². The molecule has 148 valence electrons. The number of nitrogens with zero attached hydrogens (tertiary/aromatic N) is 3. The minimum absolute atomic E-state index is 0.107. The molecule has 0 spiro atoms. The molecular weight excluding hydrogens is 376 g/mol. The molecule has 2 aromatic heterocycles. The fourth-order valence-corrected chi connectivity index (χ4v) is 3.14. The van der Waals surface area contributed by atoms with Crippen LogP contribution in [0, 0.1) is 0 Å². The number of nitrogens with one attached hydrogen (secondary N) is 1. The van der Waals surface area contributed by atoms with Gasteiger partial charge in [0.15, 0.2) is 11.5 Å². The minimum Gasteiger partial charge on any atom is -0.493 e. The van der Waals surface area contributed by atoms with Crippen molar-refractivity contribution in [2.75, 3.05) is 14.2 Å². The molecule has 2 heterocycles. The van der Waals surface area contributed by atoms with E-state index in [1.165, 1.54) is 7.11 Å². The molecule has 0 amide bonds. The number of aryl methyl sites for hydroxylation is 1. The fraction of sp³-hybridized carbons (Fsp3) is 0.200. The maximum atomic E-state index is 12.6. The molecule has 0 radical (unpaired) electrons. The Morgan fingerprint density at radius 3 is 2.69 bits per heavy atom. The highest BCUT2D eigenvalue weighted by Gasteiger charge is 2.17. The Bertz CT molecular complexity index is 1290. The first kappa shape index (κ1) is 18.5. The number of fused-ring (bicyclic) bond motifs is 1. The van der Waals surface area contributed by atoms with Crippen LogP contribution in [0.2, 0.25) is 0 Å². The van der Waals surface area contributed by atoms with Gasteiger partial charge in [0.25, 0.3) is 5.56 Å². The lowest BCUT2D eigenvalue weighted by atomic mass is 10.1. The molecule has 29 heavy (non-hydrogen) atoms. The zero-order valence-corrected chi connectivity index (χ0v) is 15.8. The fourth-order valence-electron chi connectivity index (χ4n) is 3.14. The summed E-state index contributed by atoms with van der Waals surface area (Å²) >= 11 is 0. The number of rotatable bonds is 6. The van der Waals surface area contributed by atoms with E-state index in [2.05, 4.69) is 15.1 Å². The molecule has 0 atom stereocenters. The third-order valence-corrected chi connectivity index (χ3v) is 4.55. The lowest BCUT2D eigenvalue weighted by Gasteiger charge is -2.09. The Morgan fingerprint density at radius 1 is 1.07 bits per heavy atom. The molecule has 9 nitrogen and oxygen atoms in total. The van der Waals surface area contributed by atoms with Crippen molar-refractivity contribution < 1.29 is 14.0 Å². The average Bonchev–Trinajstić information content (AvgIpc) is 3.21. The maximum Gasteiger partial charge on any atom is 0.328 e. The predicted octanol–water partition coefficient (Wildman–Crippen LogP) is 2.00. The largest absolute Gasteiger partial charge is 0.493 e. The first-order valence-electron chi connectivity index (χ1n) is 8.88. The Balaban J connectivity index is 1.61. The second-order valence-electron chi connectivity index (χ2n) is 6.24. The van der Waals surface area contributed by atoms with E-state index < -0.39 is 5.69 Å². The van der Waals surface area contributed by atoms with Gasteiger partial charge < -0.3 is 19.0 Å². The summed E-state index contributed by atoms with van der Waals surface area (Å²) in [7, 11) is 3.07. The van der Waals surface area contributed by atoms with Gasteiger partial charge in [-0.25, -0.2) is 4.79 Å². The zero-order valence-electron chi connectivity index (χ0n) is 15.8. The van der Waals surface area contributed by atoms with Gasteiger partial charge in [0.1, 0.15) is 0 Å². The molecule has 4 rings (SSSR count). The number of aromatic amines is 1. The Labute approximate surface area is 164 Å². The summed E-state index contributed by atoms with van der Waals surface area (Å²) in [6.07, 6.45) is 0.223. The van der Waals surface area contributed by atoms with Crippen molar-refractivity contribution in [3.63, 3.8) is 0 Å². The van der Waals surface area contributed by atoms with E-state index in [1.54, 1.807) is 49.6 Å². The normalized spacial score (nSPS) is 11.0. The molecule has 0 unspecified atom stereocenters. The Kier molecular flexibility index (Phi) is 4.86. The molecule has 0 aliphatic carbocycles. The van der Waals surface area contributed by atoms with Crippen LogP contribution < -0.4 is 20.7 Å². The number of hydrogen-bond donors (Lipinski definition) is 1. The van der Waals surface area contributed by atoms with E-state index in [4.69, 9.17) is 14.0 Å². The number of benzene rings is 2. The number of aromatic nitrogens is 4. The van der Waals surface area contributed by atoms with E-state index in [0.29, 0.717) is 39.7 Å². The molecule has 0 saturated carbocycles. The van der Waals surface area contributed by atoms with E-state index in [1.807, 2.05) is 0 Å². The van der Waals surface area contributed by atoms with Gasteiger partial charge in [-0.1, -0.05) is 23.4 Å². The molecule has 1 N–H and O–H groups in total. The SMILES string of the molecule is COc1cccc(-c2noc(CCn3c(=O)[nH]c4ccccc4c3=O)n2)c1OC. The van der Waals surface area contributed by atoms with Crippen molar-refractivity contribution in [1.82, 2.24) is 19.7 Å². The third kappa shape index (κ3) is 3.38. The number of para-hydroxylation sites is 2. The van der Waals surface area contributed by atoms with Crippen molar-refractivity contribution in [2.24, 2.45) is 0 Å². The van der Waals surface area contributed by atoms with Gasteiger partial charge in [-0.15, -0.1) is 0 Å². The predicted molar refractivity (Wildman–Crippen MR) is 105 cm³/mol. The van der Waals surface area contributed by atoms with Gasteiger partial charge in [-0.2, -0.15) is 4.98 Å². The molecule has 9 heteroatoms. The van der Waals surface area contributed by atoms with Crippen LogP contribution in [0.5, 0.6) is 11.5 Å². The summed E-state index contributed by atoms with van der Waals surface area (Å²) in [5.74, 6) is 1.66. The molecule has 4 aromatic rings. The van der Waals surface area contributed by atoms with Crippen molar-refractivity contribution in [1.29, 1.82) is 0 Å². The summed E-state index contributed by atoms with van der Waals surface area (Å²) in [4.78, 5) is 31.9. The topological polar surface area (TPSA) is 112 Å². The molecule has 2 aromatic carbocycles. The summed E-state index contributed by atoms with van der Waals surface area (Å²) in [5.41, 5.74) is 0.271. The minimum atomic E-state index is -0.483. The summed E-state index contributed by atoms with van der Waals surface area (Å²) in [6, 6.07) is 12.2. The van der Waals surface area contributed by atoms with Crippen LogP contribution in [0.25, 0.3) is 22.3 Å². The van der Waals surface area contributed by atoms with E-state index in [-0.39, 0.29) is 18.5 Å². The highest BCUT2D eigenvalue weighted by molar-refractivity contribution is 5.76. The number of hydrogen-bond acceptors (Lipinski definition) is 7. The second-order valence-corrected chi connectivity index (χ2v) is 6.24. The van der Waals surface area contributed by atoms with Gasteiger partial charge in [0.05, 0.1) is 30.7 Å². The first-order chi connectivity index (χ1) is 14.1. The van der Waals surface area contributed by atoms with Crippen molar-refractivity contribution in [3.8, 4) is 22.9 Å². The van der Waals surface area contributed by atoms with Crippen molar-refractivity contribution in [3.05, 3.63) is 69.2 Å². The average molecular weight is 394 g/mol. The van der Waals surface area contributed by atoms with Gasteiger partial charge in [0.2, 0.25) is 11.7 Å². The number of methoxy groups -OCH3 is 2. The standard InChI is InChI=1S/C20H18N4O5/c1-27-15-9-5-7-13(17(15)28-2)18-22-16(29-23-18)10-11-24-19(25)12-6-3-4-8-14(12)21-20(24)26/h3-9H,10-11H2,1-2H3,(H,21,26). The van der Waals surface area contributed by atoms with E-state index >= 15 is 0 Å².